The number of hydrogen-bond acceptors (Lipinski definition) is 3. The second kappa shape index (κ2) is 5.31. The Morgan fingerprint density at radius 1 is 1.00 bits per heavy atom. The molecule has 0 amide bonds. The smallest absolute Gasteiger partial charge is 0.314 e. The molecule has 2 N–H and O–H groups in total. The van der Waals surface area contributed by atoms with Gasteiger partial charge in [-0.3, -0.25) is 14.4 Å². The lowest BCUT2D eigenvalue weighted by molar-refractivity contribution is 0.0876. The van der Waals surface area contributed by atoms with Crippen LogP contribution in [0.1, 0.15) is 43.0 Å². The number of carbonyl (C=O) groups excluding carboxylic acids is 1. The minimum Gasteiger partial charge on any atom is -0.316 e. The van der Waals surface area contributed by atoms with E-state index in [0.29, 0.717) is 22.5 Å². The van der Waals surface area contributed by atoms with Crippen LogP contribution >= 0.6 is 0 Å². The standard InChI is InChI=1S/C16H18N2O3/c1-9-2-4-10(5-3-9)14(19)11-6-7-12-13(8-11)18-16(21)15(20)17-12/h6-10H,2-5H2,1H3,(H,17,20)(H,18,21). The van der Waals surface area contributed by atoms with Gasteiger partial charge in [0.25, 0.3) is 0 Å². The van der Waals surface area contributed by atoms with Crippen molar-refractivity contribution in [1.82, 2.24) is 9.97 Å². The molecular weight excluding hydrogens is 268 g/mol. The summed E-state index contributed by atoms with van der Waals surface area (Å²) in [5, 5.41) is 0. The summed E-state index contributed by atoms with van der Waals surface area (Å²) in [6.45, 7) is 2.22. The molecule has 0 bridgehead atoms. The third-order valence-corrected chi connectivity index (χ3v) is 4.39. The molecule has 1 aromatic heterocycles. The minimum absolute atomic E-state index is 0.0770. The van der Waals surface area contributed by atoms with Crippen molar-refractivity contribution in [3.8, 4) is 0 Å². The van der Waals surface area contributed by atoms with Gasteiger partial charge in [0.2, 0.25) is 0 Å². The molecule has 5 nitrogen and oxygen atoms in total. The number of ketones is 1. The maximum absolute atomic E-state index is 12.5. The Morgan fingerprint density at radius 3 is 2.29 bits per heavy atom. The summed E-state index contributed by atoms with van der Waals surface area (Å²) in [5.41, 5.74) is 0.259. The Bertz CT molecular complexity index is 795. The van der Waals surface area contributed by atoms with Crippen molar-refractivity contribution in [2.75, 3.05) is 0 Å². The monoisotopic (exact) mass is 286 g/mol. The molecule has 0 atom stereocenters. The molecule has 3 rings (SSSR count). The van der Waals surface area contributed by atoms with Gasteiger partial charge in [0.1, 0.15) is 0 Å². The van der Waals surface area contributed by atoms with E-state index in [4.69, 9.17) is 0 Å². The molecule has 0 unspecified atom stereocenters. The van der Waals surface area contributed by atoms with Gasteiger partial charge < -0.3 is 9.97 Å². The van der Waals surface area contributed by atoms with Crippen LogP contribution in [0.2, 0.25) is 0 Å². The molecular formula is C16H18N2O3. The van der Waals surface area contributed by atoms with Crippen molar-refractivity contribution in [2.24, 2.45) is 11.8 Å². The fraction of sp³-hybridized carbons (Fsp3) is 0.438. The van der Waals surface area contributed by atoms with Gasteiger partial charge >= 0.3 is 11.1 Å². The first-order valence-corrected chi connectivity index (χ1v) is 7.35. The lowest BCUT2D eigenvalue weighted by Gasteiger charge is -2.25. The van der Waals surface area contributed by atoms with Crippen LogP contribution in [0.25, 0.3) is 11.0 Å². The van der Waals surface area contributed by atoms with Crippen LogP contribution < -0.4 is 11.1 Å². The Kier molecular flexibility index (Phi) is 3.49. The second-order valence-electron chi connectivity index (χ2n) is 5.99. The molecule has 1 aromatic carbocycles. The number of aromatic nitrogens is 2. The molecule has 1 saturated carbocycles. The maximum atomic E-state index is 12.5. The summed E-state index contributed by atoms with van der Waals surface area (Å²) in [4.78, 5) is 40.2. The molecule has 2 aromatic rings. The van der Waals surface area contributed by atoms with Gasteiger partial charge in [-0.25, -0.2) is 0 Å². The van der Waals surface area contributed by atoms with E-state index in [1.807, 2.05) is 0 Å². The van der Waals surface area contributed by atoms with Crippen molar-refractivity contribution < 1.29 is 4.79 Å². The molecule has 0 saturated heterocycles. The number of hydrogen-bond donors (Lipinski definition) is 2. The van der Waals surface area contributed by atoms with Gasteiger partial charge in [-0.2, -0.15) is 0 Å². The summed E-state index contributed by atoms with van der Waals surface area (Å²) in [6, 6.07) is 5.05. The highest BCUT2D eigenvalue weighted by atomic mass is 16.2. The summed E-state index contributed by atoms with van der Waals surface area (Å²) in [7, 11) is 0. The van der Waals surface area contributed by atoms with E-state index in [0.717, 1.165) is 25.7 Å². The summed E-state index contributed by atoms with van der Waals surface area (Å²) >= 11 is 0. The maximum Gasteiger partial charge on any atom is 0.314 e. The number of fused-ring (bicyclic) bond motifs is 1. The lowest BCUT2D eigenvalue weighted by atomic mass is 9.79. The fourth-order valence-corrected chi connectivity index (χ4v) is 3.03. The average Bonchev–Trinajstić information content (AvgIpc) is 2.48. The van der Waals surface area contributed by atoms with E-state index in [9.17, 15) is 14.4 Å². The highest BCUT2D eigenvalue weighted by Gasteiger charge is 2.25. The molecule has 0 aliphatic heterocycles. The summed E-state index contributed by atoms with van der Waals surface area (Å²) in [5.74, 6) is 0.913. The van der Waals surface area contributed by atoms with E-state index in [2.05, 4.69) is 16.9 Å². The van der Waals surface area contributed by atoms with E-state index in [1.165, 1.54) is 0 Å². The average molecular weight is 286 g/mol. The SMILES string of the molecule is CC1CCC(C(=O)c2ccc3[nH]c(=O)c(=O)[nH]c3c2)CC1. The number of benzene rings is 1. The van der Waals surface area contributed by atoms with E-state index < -0.39 is 11.1 Å². The Hall–Kier alpha value is -2.17. The van der Waals surface area contributed by atoms with Crippen molar-refractivity contribution in [2.45, 2.75) is 32.6 Å². The van der Waals surface area contributed by atoms with Gasteiger partial charge in [0.05, 0.1) is 11.0 Å². The van der Waals surface area contributed by atoms with Crippen molar-refractivity contribution in [3.63, 3.8) is 0 Å². The molecule has 1 heterocycles. The first-order chi connectivity index (χ1) is 10.0. The quantitative estimate of drug-likeness (QED) is 0.656. The predicted octanol–water partition coefficient (Wildman–Crippen LogP) is 2.23. The van der Waals surface area contributed by atoms with Crippen LogP contribution in [-0.2, 0) is 0 Å². The number of aromatic amines is 2. The summed E-state index contributed by atoms with van der Waals surface area (Å²) < 4.78 is 0. The molecule has 1 fully saturated rings. The normalized spacial score (nSPS) is 22.3. The first-order valence-electron chi connectivity index (χ1n) is 7.35. The first kappa shape index (κ1) is 13.8. The third-order valence-electron chi connectivity index (χ3n) is 4.39. The minimum atomic E-state index is -0.696. The van der Waals surface area contributed by atoms with Crippen molar-refractivity contribution in [1.29, 1.82) is 0 Å². The zero-order chi connectivity index (χ0) is 15.0. The topological polar surface area (TPSA) is 82.8 Å². The van der Waals surface area contributed by atoms with Gasteiger partial charge in [-0.1, -0.05) is 19.8 Å². The van der Waals surface area contributed by atoms with Crippen LogP contribution in [0, 0.1) is 11.8 Å². The summed E-state index contributed by atoms with van der Waals surface area (Å²) in [6.07, 6.45) is 4.04. The number of nitrogens with one attached hydrogen (secondary N) is 2. The molecule has 0 spiro atoms. The zero-order valence-electron chi connectivity index (χ0n) is 11.9. The van der Waals surface area contributed by atoms with Crippen LogP contribution in [-0.4, -0.2) is 15.8 Å². The largest absolute Gasteiger partial charge is 0.316 e. The van der Waals surface area contributed by atoms with Crippen LogP contribution in [0.15, 0.2) is 27.8 Å². The van der Waals surface area contributed by atoms with Crippen molar-refractivity contribution in [3.05, 3.63) is 44.5 Å². The van der Waals surface area contributed by atoms with E-state index >= 15 is 0 Å². The predicted molar refractivity (Wildman–Crippen MR) is 80.6 cm³/mol. The van der Waals surface area contributed by atoms with Crippen molar-refractivity contribution >= 4 is 16.8 Å². The van der Waals surface area contributed by atoms with Gasteiger partial charge in [-0.05, 0) is 37.0 Å². The molecule has 1 aliphatic carbocycles. The fourth-order valence-electron chi connectivity index (χ4n) is 3.03. The molecule has 110 valence electrons. The lowest BCUT2D eigenvalue weighted by Crippen LogP contribution is -2.29. The van der Waals surface area contributed by atoms with Crippen LogP contribution in [0.5, 0.6) is 0 Å². The molecule has 1 aliphatic rings. The van der Waals surface area contributed by atoms with Crippen LogP contribution in [0.4, 0.5) is 0 Å². The Balaban J connectivity index is 1.93. The second-order valence-corrected chi connectivity index (χ2v) is 5.99. The zero-order valence-corrected chi connectivity index (χ0v) is 11.9. The van der Waals surface area contributed by atoms with E-state index in [1.54, 1.807) is 18.2 Å². The third kappa shape index (κ3) is 2.68. The van der Waals surface area contributed by atoms with Gasteiger partial charge in [0.15, 0.2) is 5.78 Å². The Labute approximate surface area is 121 Å². The highest BCUT2D eigenvalue weighted by Crippen LogP contribution is 2.30. The van der Waals surface area contributed by atoms with Crippen LogP contribution in [0.3, 0.4) is 0 Å². The molecule has 0 radical (unpaired) electrons. The van der Waals surface area contributed by atoms with Gasteiger partial charge in [-0.15, -0.1) is 0 Å². The number of rotatable bonds is 2. The van der Waals surface area contributed by atoms with Gasteiger partial charge in [0, 0.05) is 11.5 Å². The van der Waals surface area contributed by atoms with E-state index in [-0.39, 0.29) is 11.7 Å². The number of Topliss-reactive ketones (excluding diaryl/α,β-unsaturated/α-hetero) is 1. The number of carbonyl (C=O) groups is 1. The molecule has 21 heavy (non-hydrogen) atoms. The molecule has 5 heteroatoms. The highest BCUT2D eigenvalue weighted by molar-refractivity contribution is 6.00. The number of H-pyrrole nitrogens is 2. The Morgan fingerprint density at radius 2 is 1.62 bits per heavy atom.